The van der Waals surface area contributed by atoms with E-state index in [1.165, 1.54) is 12.8 Å². The average molecular weight is 219 g/mol. The standard InChI is InChI=1S/C13H21N3/c1-5-8-16-11(14)10(13(2,3)4)15-12(16)9-6-7-9/h5,9H,1,6-8,14H2,2-4H3. The Morgan fingerprint density at radius 2 is 2.12 bits per heavy atom. The molecule has 0 saturated heterocycles. The molecule has 3 nitrogen and oxygen atoms in total. The average Bonchev–Trinajstić information content (AvgIpc) is 2.94. The highest BCUT2D eigenvalue weighted by Crippen LogP contribution is 2.42. The van der Waals surface area contributed by atoms with Crippen molar-refractivity contribution in [2.24, 2.45) is 0 Å². The Labute approximate surface area is 97.4 Å². The molecule has 0 bridgehead atoms. The van der Waals surface area contributed by atoms with Crippen LogP contribution in [0.1, 0.15) is 51.0 Å². The summed E-state index contributed by atoms with van der Waals surface area (Å²) in [7, 11) is 0. The Morgan fingerprint density at radius 1 is 1.50 bits per heavy atom. The van der Waals surface area contributed by atoms with Gasteiger partial charge in [-0.2, -0.15) is 0 Å². The van der Waals surface area contributed by atoms with E-state index in [1.54, 1.807) is 0 Å². The topological polar surface area (TPSA) is 43.8 Å². The van der Waals surface area contributed by atoms with Crippen LogP contribution in [0.3, 0.4) is 0 Å². The van der Waals surface area contributed by atoms with E-state index in [1.807, 2.05) is 6.08 Å². The minimum absolute atomic E-state index is 0.0140. The molecule has 2 N–H and O–H groups in total. The summed E-state index contributed by atoms with van der Waals surface area (Å²) in [6.07, 6.45) is 4.38. The zero-order valence-corrected chi connectivity index (χ0v) is 10.5. The molecule has 1 fully saturated rings. The van der Waals surface area contributed by atoms with Crippen molar-refractivity contribution >= 4 is 5.82 Å². The van der Waals surface area contributed by atoms with Crippen LogP contribution in [0, 0.1) is 0 Å². The molecule has 0 unspecified atom stereocenters. The van der Waals surface area contributed by atoms with Gasteiger partial charge in [0, 0.05) is 17.9 Å². The maximum Gasteiger partial charge on any atom is 0.127 e. The zero-order chi connectivity index (χ0) is 11.9. The van der Waals surface area contributed by atoms with Gasteiger partial charge >= 0.3 is 0 Å². The number of hydrogen-bond acceptors (Lipinski definition) is 2. The molecule has 1 aliphatic rings. The molecule has 3 heteroatoms. The molecule has 1 aromatic rings. The summed E-state index contributed by atoms with van der Waals surface area (Å²) in [4.78, 5) is 4.75. The van der Waals surface area contributed by atoms with Crippen molar-refractivity contribution in [3.63, 3.8) is 0 Å². The predicted octanol–water partition coefficient (Wildman–Crippen LogP) is 2.83. The van der Waals surface area contributed by atoms with E-state index in [0.717, 1.165) is 23.9 Å². The van der Waals surface area contributed by atoms with Crippen LogP contribution in [0.2, 0.25) is 0 Å². The second-order valence-electron chi connectivity index (χ2n) is 5.63. The SMILES string of the molecule is C=CCn1c(C2CC2)nc(C(C)(C)C)c1N. The van der Waals surface area contributed by atoms with Crippen LogP contribution in [-0.4, -0.2) is 9.55 Å². The zero-order valence-electron chi connectivity index (χ0n) is 10.5. The lowest BCUT2D eigenvalue weighted by Gasteiger charge is -2.16. The lowest BCUT2D eigenvalue weighted by atomic mass is 9.92. The number of allylic oxidation sites excluding steroid dienone is 1. The molecule has 88 valence electrons. The second kappa shape index (κ2) is 3.65. The van der Waals surface area contributed by atoms with Gasteiger partial charge < -0.3 is 10.3 Å². The third kappa shape index (κ3) is 1.86. The van der Waals surface area contributed by atoms with Gasteiger partial charge in [-0.05, 0) is 12.8 Å². The van der Waals surface area contributed by atoms with E-state index in [0.29, 0.717) is 5.92 Å². The molecule has 1 saturated carbocycles. The minimum atomic E-state index is 0.0140. The molecule has 1 aromatic heterocycles. The van der Waals surface area contributed by atoms with E-state index in [2.05, 4.69) is 31.9 Å². The summed E-state index contributed by atoms with van der Waals surface area (Å²) in [5.74, 6) is 2.59. The first-order valence-corrected chi connectivity index (χ1v) is 5.92. The first kappa shape index (κ1) is 11.2. The van der Waals surface area contributed by atoms with E-state index in [9.17, 15) is 0 Å². The van der Waals surface area contributed by atoms with Gasteiger partial charge in [-0.1, -0.05) is 26.8 Å². The fourth-order valence-electron chi connectivity index (χ4n) is 2.01. The Kier molecular flexibility index (Phi) is 2.56. The van der Waals surface area contributed by atoms with Crippen molar-refractivity contribution in [3.05, 3.63) is 24.2 Å². The lowest BCUT2D eigenvalue weighted by molar-refractivity contribution is 0.573. The van der Waals surface area contributed by atoms with Gasteiger partial charge in [0.25, 0.3) is 0 Å². The van der Waals surface area contributed by atoms with Crippen molar-refractivity contribution in [1.82, 2.24) is 9.55 Å². The number of nitrogens with two attached hydrogens (primary N) is 1. The number of hydrogen-bond donors (Lipinski definition) is 1. The highest BCUT2D eigenvalue weighted by Gasteiger charge is 2.32. The Hall–Kier alpha value is -1.25. The van der Waals surface area contributed by atoms with Gasteiger partial charge in [0.2, 0.25) is 0 Å². The van der Waals surface area contributed by atoms with Gasteiger partial charge in [0.1, 0.15) is 11.6 Å². The first-order valence-electron chi connectivity index (χ1n) is 5.92. The van der Waals surface area contributed by atoms with Crippen LogP contribution in [-0.2, 0) is 12.0 Å². The third-order valence-electron chi connectivity index (χ3n) is 3.00. The van der Waals surface area contributed by atoms with Crippen LogP contribution in [0.5, 0.6) is 0 Å². The van der Waals surface area contributed by atoms with Crippen LogP contribution >= 0.6 is 0 Å². The minimum Gasteiger partial charge on any atom is -0.384 e. The monoisotopic (exact) mass is 219 g/mol. The summed E-state index contributed by atoms with van der Waals surface area (Å²) < 4.78 is 2.12. The number of aromatic nitrogens is 2. The summed E-state index contributed by atoms with van der Waals surface area (Å²) in [6.45, 7) is 11.0. The molecule has 0 radical (unpaired) electrons. The normalized spacial score (nSPS) is 16.4. The van der Waals surface area contributed by atoms with Gasteiger partial charge in [-0.15, -0.1) is 6.58 Å². The molecule has 1 heterocycles. The maximum absolute atomic E-state index is 6.19. The number of imidazole rings is 1. The van der Waals surface area contributed by atoms with E-state index >= 15 is 0 Å². The van der Waals surface area contributed by atoms with Crippen LogP contribution in [0.4, 0.5) is 5.82 Å². The van der Waals surface area contributed by atoms with Crippen molar-refractivity contribution in [3.8, 4) is 0 Å². The van der Waals surface area contributed by atoms with Gasteiger partial charge in [0.05, 0.1) is 5.69 Å². The molecule has 0 spiro atoms. The second-order valence-corrected chi connectivity index (χ2v) is 5.63. The molecule has 1 aliphatic carbocycles. The highest BCUT2D eigenvalue weighted by molar-refractivity contribution is 5.43. The van der Waals surface area contributed by atoms with Crippen molar-refractivity contribution < 1.29 is 0 Å². The van der Waals surface area contributed by atoms with Gasteiger partial charge in [-0.3, -0.25) is 0 Å². The molecule has 16 heavy (non-hydrogen) atoms. The fraction of sp³-hybridized carbons (Fsp3) is 0.615. The highest BCUT2D eigenvalue weighted by atomic mass is 15.2. The smallest absolute Gasteiger partial charge is 0.127 e. The molecule has 0 atom stereocenters. The molecule has 0 aliphatic heterocycles. The molecule has 0 aromatic carbocycles. The van der Waals surface area contributed by atoms with Crippen molar-refractivity contribution in [2.75, 3.05) is 5.73 Å². The summed E-state index contributed by atoms with van der Waals surface area (Å²) in [6, 6.07) is 0. The van der Waals surface area contributed by atoms with E-state index in [-0.39, 0.29) is 5.41 Å². The molecule has 2 rings (SSSR count). The number of nitrogen functional groups attached to an aromatic ring is 1. The summed E-state index contributed by atoms with van der Waals surface area (Å²) >= 11 is 0. The van der Waals surface area contributed by atoms with Gasteiger partial charge in [-0.25, -0.2) is 4.98 Å². The molecule has 0 amide bonds. The van der Waals surface area contributed by atoms with Gasteiger partial charge in [0.15, 0.2) is 0 Å². The Balaban J connectivity index is 2.48. The lowest BCUT2D eigenvalue weighted by Crippen LogP contribution is -2.15. The third-order valence-corrected chi connectivity index (χ3v) is 3.00. The van der Waals surface area contributed by atoms with E-state index in [4.69, 9.17) is 10.7 Å². The largest absolute Gasteiger partial charge is 0.384 e. The first-order chi connectivity index (χ1) is 7.45. The summed E-state index contributed by atoms with van der Waals surface area (Å²) in [5.41, 5.74) is 7.23. The maximum atomic E-state index is 6.19. The Morgan fingerprint density at radius 3 is 2.56 bits per heavy atom. The van der Waals surface area contributed by atoms with Crippen molar-refractivity contribution in [2.45, 2.75) is 51.5 Å². The Bertz CT molecular complexity index is 406. The van der Waals surface area contributed by atoms with Crippen LogP contribution in [0.25, 0.3) is 0 Å². The number of anilines is 1. The number of rotatable bonds is 3. The molecular weight excluding hydrogens is 198 g/mol. The van der Waals surface area contributed by atoms with E-state index < -0.39 is 0 Å². The fourth-order valence-corrected chi connectivity index (χ4v) is 2.01. The van der Waals surface area contributed by atoms with Crippen LogP contribution < -0.4 is 5.73 Å². The summed E-state index contributed by atoms with van der Waals surface area (Å²) in [5, 5.41) is 0. The number of nitrogens with zero attached hydrogens (tertiary/aromatic N) is 2. The molecular formula is C13H21N3. The van der Waals surface area contributed by atoms with Crippen molar-refractivity contribution in [1.29, 1.82) is 0 Å². The predicted molar refractivity (Wildman–Crippen MR) is 67.5 cm³/mol. The quantitative estimate of drug-likeness (QED) is 0.794. The van der Waals surface area contributed by atoms with Crippen LogP contribution in [0.15, 0.2) is 12.7 Å².